The summed E-state index contributed by atoms with van der Waals surface area (Å²) in [7, 11) is 2.22. The Bertz CT molecular complexity index is 299. The molecule has 118 valence electrons. The van der Waals surface area contributed by atoms with E-state index in [1.54, 1.807) is 0 Å². The lowest BCUT2D eigenvalue weighted by Gasteiger charge is -2.45. The molecule has 2 aliphatic rings. The van der Waals surface area contributed by atoms with Crippen molar-refractivity contribution in [2.45, 2.75) is 64.5 Å². The molecule has 20 heavy (non-hydrogen) atoms. The zero-order chi connectivity index (χ0) is 14.8. The molecule has 2 atom stereocenters. The maximum Gasteiger partial charge on any atom is 0.0774 e. The van der Waals surface area contributed by atoms with Gasteiger partial charge in [0, 0.05) is 19.1 Å². The predicted molar refractivity (Wildman–Crippen MR) is 84.9 cm³/mol. The van der Waals surface area contributed by atoms with Crippen LogP contribution in [0.1, 0.15) is 52.9 Å². The third-order valence-electron chi connectivity index (χ3n) is 5.71. The van der Waals surface area contributed by atoms with Gasteiger partial charge in [-0.15, -0.1) is 0 Å². The Kier molecular flexibility index (Phi) is 5.49. The molecule has 1 saturated heterocycles. The van der Waals surface area contributed by atoms with Crippen LogP contribution in [0.25, 0.3) is 0 Å². The van der Waals surface area contributed by atoms with Crippen LogP contribution in [0.4, 0.5) is 0 Å². The SMILES string of the molecule is CCN1CCC(N(C)CC2(O)CCC(C)CC2)C(C)C1. The van der Waals surface area contributed by atoms with Gasteiger partial charge in [0.05, 0.1) is 5.60 Å². The third kappa shape index (κ3) is 3.96. The molecule has 1 aliphatic heterocycles. The van der Waals surface area contributed by atoms with Crippen molar-refractivity contribution in [1.82, 2.24) is 9.80 Å². The van der Waals surface area contributed by atoms with Crippen LogP contribution in [-0.2, 0) is 0 Å². The van der Waals surface area contributed by atoms with Crippen molar-refractivity contribution in [2.24, 2.45) is 11.8 Å². The number of aliphatic hydroxyl groups is 1. The lowest BCUT2D eigenvalue weighted by Crippen LogP contribution is -2.53. The molecule has 0 aromatic heterocycles. The van der Waals surface area contributed by atoms with E-state index < -0.39 is 5.60 Å². The van der Waals surface area contributed by atoms with E-state index in [1.807, 2.05) is 0 Å². The van der Waals surface area contributed by atoms with Gasteiger partial charge < -0.3 is 14.9 Å². The summed E-state index contributed by atoms with van der Waals surface area (Å²) in [6.07, 6.45) is 5.60. The van der Waals surface area contributed by atoms with Crippen LogP contribution in [0.3, 0.4) is 0 Å². The van der Waals surface area contributed by atoms with Crippen LogP contribution in [0.5, 0.6) is 0 Å². The fraction of sp³-hybridized carbons (Fsp3) is 1.00. The van der Waals surface area contributed by atoms with Crippen LogP contribution < -0.4 is 0 Å². The summed E-state index contributed by atoms with van der Waals surface area (Å²) in [5, 5.41) is 10.8. The first-order valence-electron chi connectivity index (χ1n) is 8.58. The minimum atomic E-state index is -0.428. The Morgan fingerprint density at radius 3 is 2.40 bits per heavy atom. The van der Waals surface area contributed by atoms with Crippen molar-refractivity contribution in [3.63, 3.8) is 0 Å². The van der Waals surface area contributed by atoms with E-state index in [0.717, 1.165) is 25.3 Å². The van der Waals surface area contributed by atoms with Crippen LogP contribution in [0.15, 0.2) is 0 Å². The van der Waals surface area contributed by atoms with Crippen LogP contribution in [0.2, 0.25) is 0 Å². The van der Waals surface area contributed by atoms with Gasteiger partial charge in [0.15, 0.2) is 0 Å². The molecule has 1 saturated carbocycles. The molecular formula is C17H34N2O. The predicted octanol–water partition coefficient (Wildman–Crippen LogP) is 2.59. The molecule has 0 aromatic carbocycles. The Labute approximate surface area is 125 Å². The van der Waals surface area contributed by atoms with E-state index in [1.165, 1.54) is 38.9 Å². The lowest BCUT2D eigenvalue weighted by atomic mass is 9.79. The highest BCUT2D eigenvalue weighted by atomic mass is 16.3. The molecule has 0 amide bonds. The molecule has 0 bridgehead atoms. The number of rotatable bonds is 4. The monoisotopic (exact) mass is 282 g/mol. The quantitative estimate of drug-likeness (QED) is 0.858. The second-order valence-electron chi connectivity index (χ2n) is 7.55. The lowest BCUT2D eigenvalue weighted by molar-refractivity contribution is -0.0490. The van der Waals surface area contributed by atoms with E-state index in [4.69, 9.17) is 0 Å². The maximum atomic E-state index is 10.8. The molecule has 0 spiro atoms. The zero-order valence-corrected chi connectivity index (χ0v) is 13.9. The molecule has 0 aromatic rings. The first-order valence-corrected chi connectivity index (χ1v) is 8.58. The van der Waals surface area contributed by atoms with Gasteiger partial charge in [-0.2, -0.15) is 0 Å². The first-order chi connectivity index (χ1) is 9.43. The number of hydrogen-bond acceptors (Lipinski definition) is 3. The molecule has 0 radical (unpaired) electrons. The van der Waals surface area contributed by atoms with Crippen LogP contribution >= 0.6 is 0 Å². The Morgan fingerprint density at radius 1 is 1.20 bits per heavy atom. The van der Waals surface area contributed by atoms with Gasteiger partial charge in [-0.05, 0) is 64.1 Å². The fourth-order valence-electron chi connectivity index (χ4n) is 4.20. The standard InChI is InChI=1S/C17H34N2O/c1-5-19-11-8-16(15(3)12-19)18(4)13-17(20)9-6-14(2)7-10-17/h14-16,20H,5-13H2,1-4H3. The average molecular weight is 282 g/mol. The molecular weight excluding hydrogens is 248 g/mol. The molecule has 1 N–H and O–H groups in total. The summed E-state index contributed by atoms with van der Waals surface area (Å²) in [5.74, 6) is 1.51. The maximum absolute atomic E-state index is 10.8. The Morgan fingerprint density at radius 2 is 1.85 bits per heavy atom. The minimum absolute atomic E-state index is 0.428. The van der Waals surface area contributed by atoms with E-state index in [-0.39, 0.29) is 0 Å². The number of hydrogen-bond donors (Lipinski definition) is 1. The summed E-state index contributed by atoms with van der Waals surface area (Å²) in [6, 6.07) is 0.640. The van der Waals surface area contributed by atoms with Gasteiger partial charge in [-0.25, -0.2) is 0 Å². The molecule has 2 fully saturated rings. The summed E-state index contributed by atoms with van der Waals surface area (Å²) in [5.41, 5.74) is -0.428. The Balaban J connectivity index is 1.86. The van der Waals surface area contributed by atoms with Crippen molar-refractivity contribution in [2.75, 3.05) is 33.2 Å². The highest BCUT2D eigenvalue weighted by molar-refractivity contribution is 4.91. The molecule has 1 heterocycles. The summed E-state index contributed by atoms with van der Waals surface area (Å²) in [6.45, 7) is 11.4. The highest BCUT2D eigenvalue weighted by Crippen LogP contribution is 2.33. The smallest absolute Gasteiger partial charge is 0.0774 e. The van der Waals surface area contributed by atoms with Crippen LogP contribution in [0, 0.1) is 11.8 Å². The van der Waals surface area contributed by atoms with E-state index in [2.05, 4.69) is 37.6 Å². The van der Waals surface area contributed by atoms with Crippen LogP contribution in [-0.4, -0.2) is 59.8 Å². The second kappa shape index (κ2) is 6.76. The molecule has 2 unspecified atom stereocenters. The van der Waals surface area contributed by atoms with Crippen molar-refractivity contribution in [3.8, 4) is 0 Å². The molecule has 3 heteroatoms. The first kappa shape index (κ1) is 16.3. The van der Waals surface area contributed by atoms with Gasteiger partial charge >= 0.3 is 0 Å². The zero-order valence-electron chi connectivity index (χ0n) is 13.9. The van der Waals surface area contributed by atoms with Crippen molar-refractivity contribution >= 4 is 0 Å². The Hall–Kier alpha value is -0.120. The topological polar surface area (TPSA) is 26.7 Å². The van der Waals surface area contributed by atoms with Crippen molar-refractivity contribution in [3.05, 3.63) is 0 Å². The molecule has 2 rings (SSSR count). The van der Waals surface area contributed by atoms with Gasteiger partial charge in [0.1, 0.15) is 0 Å². The number of piperidine rings is 1. The molecule has 1 aliphatic carbocycles. The van der Waals surface area contributed by atoms with Crippen molar-refractivity contribution < 1.29 is 5.11 Å². The van der Waals surface area contributed by atoms with Gasteiger partial charge in [0.25, 0.3) is 0 Å². The number of nitrogens with zero attached hydrogens (tertiary/aromatic N) is 2. The van der Waals surface area contributed by atoms with E-state index >= 15 is 0 Å². The fourth-order valence-corrected chi connectivity index (χ4v) is 4.20. The van der Waals surface area contributed by atoms with E-state index in [9.17, 15) is 5.11 Å². The highest BCUT2D eigenvalue weighted by Gasteiger charge is 2.36. The van der Waals surface area contributed by atoms with Gasteiger partial charge in [-0.3, -0.25) is 0 Å². The molecule has 3 nitrogen and oxygen atoms in total. The number of likely N-dealkylation sites (N-methyl/N-ethyl adjacent to an activating group) is 1. The minimum Gasteiger partial charge on any atom is -0.389 e. The van der Waals surface area contributed by atoms with Gasteiger partial charge in [-0.1, -0.05) is 20.8 Å². The summed E-state index contributed by atoms with van der Waals surface area (Å²) < 4.78 is 0. The number of likely N-dealkylation sites (tertiary alicyclic amines) is 1. The average Bonchev–Trinajstić information content (AvgIpc) is 2.42. The van der Waals surface area contributed by atoms with E-state index in [0.29, 0.717) is 12.0 Å². The summed E-state index contributed by atoms with van der Waals surface area (Å²) >= 11 is 0. The van der Waals surface area contributed by atoms with Crippen molar-refractivity contribution in [1.29, 1.82) is 0 Å². The normalized spacial score (nSPS) is 40.2. The van der Waals surface area contributed by atoms with Gasteiger partial charge in [0.2, 0.25) is 0 Å². The largest absolute Gasteiger partial charge is 0.389 e. The second-order valence-corrected chi connectivity index (χ2v) is 7.55. The summed E-state index contributed by atoms with van der Waals surface area (Å²) in [4.78, 5) is 5.00. The third-order valence-corrected chi connectivity index (χ3v) is 5.71.